The topological polar surface area (TPSA) is 17.0 Å². The highest BCUT2D eigenvalue weighted by atomic mass is 35.5. The van der Waals surface area contributed by atoms with Crippen LogP contribution in [-0.2, 0) is 19.1 Å². The molecule has 130 valence electrons. The molecule has 1 N–H and O–H groups in total. The Kier molecular flexibility index (Phi) is 4.01. The molecule has 0 unspecified atom stereocenters. The Morgan fingerprint density at radius 1 is 1.00 bits per heavy atom. The van der Waals surface area contributed by atoms with Crippen LogP contribution in [0, 0.1) is 0 Å². The Hall–Kier alpha value is -1.98. The molecule has 2 nitrogen and oxygen atoms in total. The molecule has 0 fully saturated rings. The molecule has 3 aromatic rings. The van der Waals surface area contributed by atoms with Crippen LogP contribution < -0.4 is 5.32 Å². The highest BCUT2D eigenvalue weighted by Crippen LogP contribution is 2.39. The van der Waals surface area contributed by atoms with Gasteiger partial charge < -0.3 is 9.88 Å². The van der Waals surface area contributed by atoms with Gasteiger partial charge >= 0.3 is 6.18 Å². The van der Waals surface area contributed by atoms with E-state index in [1.54, 1.807) is 6.07 Å². The van der Waals surface area contributed by atoms with Gasteiger partial charge in [0, 0.05) is 47.7 Å². The van der Waals surface area contributed by atoms with E-state index < -0.39 is 11.7 Å². The van der Waals surface area contributed by atoms with Crippen molar-refractivity contribution in [3.63, 3.8) is 0 Å². The number of alkyl halides is 3. The number of hydrogen-bond donors (Lipinski definition) is 1. The summed E-state index contributed by atoms with van der Waals surface area (Å²) in [5.74, 6) is 0. The number of fused-ring (bicyclic) bond motifs is 3. The lowest BCUT2D eigenvalue weighted by Crippen LogP contribution is -2.17. The highest BCUT2D eigenvalue weighted by Gasteiger charge is 2.34. The number of halogens is 4. The molecule has 0 saturated heterocycles. The van der Waals surface area contributed by atoms with E-state index in [0.29, 0.717) is 5.56 Å². The SMILES string of the molecule is FC(F)(F)c1cc(Cl)ccc1-c1ccc2c(c1)cc1n2CCNCC1. The molecular weight excluding hydrogens is 349 g/mol. The van der Waals surface area contributed by atoms with E-state index in [1.807, 2.05) is 12.1 Å². The zero-order chi connectivity index (χ0) is 17.6. The van der Waals surface area contributed by atoms with Gasteiger partial charge in [0.05, 0.1) is 5.56 Å². The summed E-state index contributed by atoms with van der Waals surface area (Å²) >= 11 is 5.78. The van der Waals surface area contributed by atoms with Crippen molar-refractivity contribution in [1.29, 1.82) is 0 Å². The molecule has 0 amide bonds. The van der Waals surface area contributed by atoms with Gasteiger partial charge in [0.25, 0.3) is 0 Å². The number of nitrogens with zero attached hydrogens (tertiary/aromatic N) is 1. The van der Waals surface area contributed by atoms with Crippen LogP contribution in [0.4, 0.5) is 13.2 Å². The summed E-state index contributed by atoms with van der Waals surface area (Å²) in [6.07, 6.45) is -3.53. The summed E-state index contributed by atoms with van der Waals surface area (Å²) in [6.45, 7) is 2.68. The Morgan fingerprint density at radius 3 is 2.64 bits per heavy atom. The first-order chi connectivity index (χ1) is 11.9. The lowest BCUT2D eigenvalue weighted by Gasteiger charge is -2.14. The van der Waals surface area contributed by atoms with Crippen LogP contribution in [0.1, 0.15) is 11.3 Å². The third-order valence-corrected chi connectivity index (χ3v) is 4.89. The summed E-state index contributed by atoms with van der Waals surface area (Å²) in [6, 6.07) is 11.5. The minimum absolute atomic E-state index is 0.0835. The van der Waals surface area contributed by atoms with Crippen molar-refractivity contribution in [3.8, 4) is 11.1 Å². The lowest BCUT2D eigenvalue weighted by molar-refractivity contribution is -0.137. The Balaban J connectivity index is 1.86. The second-order valence-electron chi connectivity index (χ2n) is 6.25. The monoisotopic (exact) mass is 364 g/mol. The number of benzene rings is 2. The van der Waals surface area contributed by atoms with Gasteiger partial charge in [-0.25, -0.2) is 0 Å². The van der Waals surface area contributed by atoms with Crippen molar-refractivity contribution in [3.05, 3.63) is 58.7 Å². The van der Waals surface area contributed by atoms with Crippen LogP contribution in [0.15, 0.2) is 42.5 Å². The van der Waals surface area contributed by atoms with Gasteiger partial charge in [-0.05, 0) is 41.5 Å². The Labute approximate surface area is 148 Å². The largest absolute Gasteiger partial charge is 0.417 e. The van der Waals surface area contributed by atoms with Crippen LogP contribution in [0.2, 0.25) is 5.02 Å². The third kappa shape index (κ3) is 3.02. The molecule has 1 aliphatic heterocycles. The molecule has 2 heterocycles. The summed E-state index contributed by atoms with van der Waals surface area (Å²) in [4.78, 5) is 0. The molecule has 0 bridgehead atoms. The maximum atomic E-state index is 13.4. The quantitative estimate of drug-likeness (QED) is 0.633. The number of nitrogens with one attached hydrogen (secondary N) is 1. The zero-order valence-corrected chi connectivity index (χ0v) is 14.1. The maximum absolute atomic E-state index is 13.4. The van der Waals surface area contributed by atoms with Crippen molar-refractivity contribution in [2.45, 2.75) is 19.1 Å². The van der Waals surface area contributed by atoms with Crippen LogP contribution in [0.5, 0.6) is 0 Å². The van der Waals surface area contributed by atoms with Gasteiger partial charge in [-0.3, -0.25) is 0 Å². The fourth-order valence-corrected chi connectivity index (χ4v) is 3.67. The minimum Gasteiger partial charge on any atom is -0.343 e. The zero-order valence-electron chi connectivity index (χ0n) is 13.3. The van der Waals surface area contributed by atoms with Crippen LogP contribution in [0.25, 0.3) is 22.0 Å². The number of rotatable bonds is 1. The minimum atomic E-state index is -4.45. The van der Waals surface area contributed by atoms with E-state index in [9.17, 15) is 13.2 Å². The van der Waals surface area contributed by atoms with Crippen molar-refractivity contribution >= 4 is 22.5 Å². The fraction of sp³-hybridized carbons (Fsp3) is 0.263. The smallest absolute Gasteiger partial charge is 0.343 e. The molecule has 1 aliphatic rings. The molecule has 2 aromatic carbocycles. The lowest BCUT2D eigenvalue weighted by atomic mass is 9.98. The molecule has 0 aliphatic carbocycles. The molecule has 0 saturated carbocycles. The van der Waals surface area contributed by atoms with E-state index in [-0.39, 0.29) is 10.6 Å². The predicted octanol–water partition coefficient (Wildman–Crippen LogP) is 5.13. The summed E-state index contributed by atoms with van der Waals surface area (Å²) in [5, 5.41) is 4.41. The Bertz CT molecular complexity index is 944. The Morgan fingerprint density at radius 2 is 1.84 bits per heavy atom. The van der Waals surface area contributed by atoms with Crippen molar-refractivity contribution in [2.24, 2.45) is 0 Å². The van der Waals surface area contributed by atoms with Gasteiger partial charge in [0.2, 0.25) is 0 Å². The fourth-order valence-electron chi connectivity index (χ4n) is 3.50. The van der Waals surface area contributed by atoms with Crippen LogP contribution in [-0.4, -0.2) is 17.7 Å². The van der Waals surface area contributed by atoms with E-state index >= 15 is 0 Å². The van der Waals surface area contributed by atoms with Crippen molar-refractivity contribution in [2.75, 3.05) is 13.1 Å². The van der Waals surface area contributed by atoms with Crippen LogP contribution in [0.3, 0.4) is 0 Å². The molecule has 0 radical (unpaired) electrons. The van der Waals surface area contributed by atoms with E-state index in [2.05, 4.69) is 16.0 Å². The standard InChI is InChI=1S/C19H16ClF3N2/c20-14-2-3-16(17(11-14)19(21,22)23)12-1-4-18-13(9-12)10-15-5-6-24-7-8-25(15)18/h1-4,9-11,24H,5-8H2. The van der Waals surface area contributed by atoms with Crippen molar-refractivity contribution < 1.29 is 13.2 Å². The second kappa shape index (κ2) is 6.07. The second-order valence-corrected chi connectivity index (χ2v) is 6.69. The molecule has 4 rings (SSSR count). The van der Waals surface area contributed by atoms with E-state index in [0.717, 1.165) is 43.0 Å². The molecular formula is C19H16ClF3N2. The van der Waals surface area contributed by atoms with Gasteiger partial charge in [-0.1, -0.05) is 23.7 Å². The first-order valence-electron chi connectivity index (χ1n) is 8.13. The van der Waals surface area contributed by atoms with E-state index in [1.165, 1.54) is 17.8 Å². The average molecular weight is 365 g/mol. The van der Waals surface area contributed by atoms with E-state index in [4.69, 9.17) is 11.6 Å². The normalized spacial score (nSPS) is 15.2. The number of hydrogen-bond acceptors (Lipinski definition) is 1. The highest BCUT2D eigenvalue weighted by molar-refractivity contribution is 6.30. The molecule has 0 spiro atoms. The van der Waals surface area contributed by atoms with Gasteiger partial charge in [0.15, 0.2) is 0 Å². The van der Waals surface area contributed by atoms with Crippen molar-refractivity contribution in [1.82, 2.24) is 9.88 Å². The van der Waals surface area contributed by atoms with Gasteiger partial charge in [0.1, 0.15) is 0 Å². The number of aromatic nitrogens is 1. The average Bonchev–Trinajstić information content (AvgIpc) is 2.74. The predicted molar refractivity (Wildman–Crippen MR) is 94.0 cm³/mol. The van der Waals surface area contributed by atoms with Crippen LogP contribution >= 0.6 is 11.6 Å². The molecule has 1 aromatic heterocycles. The van der Waals surface area contributed by atoms with Gasteiger partial charge in [-0.2, -0.15) is 13.2 Å². The third-order valence-electron chi connectivity index (χ3n) is 4.66. The summed E-state index contributed by atoms with van der Waals surface area (Å²) in [5.41, 5.74) is 2.27. The molecule has 25 heavy (non-hydrogen) atoms. The maximum Gasteiger partial charge on any atom is 0.417 e. The summed E-state index contributed by atoms with van der Waals surface area (Å²) < 4.78 is 42.4. The first kappa shape index (κ1) is 16.5. The first-order valence-corrected chi connectivity index (χ1v) is 8.51. The molecule has 6 heteroatoms. The molecule has 0 atom stereocenters. The summed E-state index contributed by atoms with van der Waals surface area (Å²) in [7, 11) is 0. The van der Waals surface area contributed by atoms with Gasteiger partial charge in [-0.15, -0.1) is 0 Å².